The maximum Gasteiger partial charge on any atom is 0.255 e. The van der Waals surface area contributed by atoms with E-state index in [1.54, 1.807) is 24.2 Å². The van der Waals surface area contributed by atoms with Crippen molar-refractivity contribution >= 4 is 29.3 Å². The number of carbonyl (C=O) groups excluding carboxylic acids is 1. The minimum absolute atomic E-state index is 0.164. The van der Waals surface area contributed by atoms with E-state index in [1.165, 1.54) is 0 Å². The highest BCUT2D eigenvalue weighted by Crippen LogP contribution is 2.36. The molecule has 0 spiro atoms. The lowest BCUT2D eigenvalue weighted by atomic mass is 9.95. The molecular formula is C23H26N6OS. The standard InChI is InChI=1S/C23H26N6OS/c1-4-5-14-31-23-27-22-25-16(3)19(21(30)26-18-9-7-6-8-15(18)2)20(29(22)28-23)17-10-12-24-13-11-17/h6-13,20H,4-5,14H2,1-3H3,(H,26,30)(H,25,27,28). The molecule has 1 aliphatic heterocycles. The summed E-state index contributed by atoms with van der Waals surface area (Å²) in [6.45, 7) is 6.05. The maximum absolute atomic E-state index is 13.5. The van der Waals surface area contributed by atoms with E-state index >= 15 is 0 Å². The molecule has 1 amide bonds. The third-order valence-electron chi connectivity index (χ3n) is 5.22. The van der Waals surface area contributed by atoms with Crippen molar-refractivity contribution < 1.29 is 4.79 Å². The average molecular weight is 435 g/mol. The molecule has 2 aromatic heterocycles. The molecule has 31 heavy (non-hydrogen) atoms. The molecule has 0 radical (unpaired) electrons. The van der Waals surface area contributed by atoms with Gasteiger partial charge in [-0.1, -0.05) is 43.3 Å². The number of hydrogen-bond acceptors (Lipinski definition) is 6. The van der Waals surface area contributed by atoms with E-state index in [9.17, 15) is 4.79 Å². The number of para-hydroxylation sites is 1. The Kier molecular flexibility index (Phi) is 6.36. The van der Waals surface area contributed by atoms with Crippen molar-refractivity contribution in [1.29, 1.82) is 0 Å². The van der Waals surface area contributed by atoms with Gasteiger partial charge in [-0.05, 0) is 49.6 Å². The van der Waals surface area contributed by atoms with Crippen molar-refractivity contribution in [2.24, 2.45) is 0 Å². The Labute approximate surface area is 186 Å². The smallest absolute Gasteiger partial charge is 0.255 e. The Balaban J connectivity index is 1.72. The van der Waals surface area contributed by atoms with E-state index in [2.05, 4.69) is 27.5 Å². The normalized spacial score (nSPS) is 15.4. The van der Waals surface area contributed by atoms with Crippen LogP contribution in [-0.4, -0.2) is 31.4 Å². The van der Waals surface area contributed by atoms with Crippen LogP contribution < -0.4 is 10.6 Å². The van der Waals surface area contributed by atoms with Crippen LogP contribution in [0.3, 0.4) is 0 Å². The number of nitrogens with zero attached hydrogens (tertiary/aromatic N) is 4. The van der Waals surface area contributed by atoms with Gasteiger partial charge in [0.05, 0.1) is 5.57 Å². The molecule has 0 aliphatic carbocycles. The van der Waals surface area contributed by atoms with Crippen molar-refractivity contribution in [3.63, 3.8) is 0 Å². The Morgan fingerprint density at radius 3 is 2.71 bits per heavy atom. The van der Waals surface area contributed by atoms with Crippen molar-refractivity contribution in [1.82, 2.24) is 19.7 Å². The molecule has 0 saturated heterocycles. The summed E-state index contributed by atoms with van der Waals surface area (Å²) in [5, 5.41) is 11.8. The third kappa shape index (κ3) is 4.49. The first-order valence-corrected chi connectivity index (χ1v) is 11.4. The molecule has 0 saturated carbocycles. The van der Waals surface area contributed by atoms with E-state index in [1.807, 2.05) is 54.9 Å². The van der Waals surface area contributed by atoms with E-state index in [-0.39, 0.29) is 5.91 Å². The molecule has 0 bridgehead atoms. The molecule has 8 heteroatoms. The topological polar surface area (TPSA) is 84.7 Å². The van der Waals surface area contributed by atoms with Gasteiger partial charge in [-0.3, -0.25) is 9.78 Å². The van der Waals surface area contributed by atoms with Gasteiger partial charge in [0.1, 0.15) is 6.04 Å². The van der Waals surface area contributed by atoms with Gasteiger partial charge in [-0.2, -0.15) is 4.98 Å². The zero-order valence-corrected chi connectivity index (χ0v) is 18.7. The Morgan fingerprint density at radius 1 is 1.19 bits per heavy atom. The number of aromatic nitrogens is 4. The predicted molar refractivity (Wildman–Crippen MR) is 124 cm³/mol. The van der Waals surface area contributed by atoms with Gasteiger partial charge in [-0.15, -0.1) is 5.10 Å². The molecule has 7 nitrogen and oxygen atoms in total. The summed E-state index contributed by atoms with van der Waals surface area (Å²) >= 11 is 1.64. The molecule has 3 aromatic rings. The Bertz CT molecular complexity index is 1110. The van der Waals surface area contributed by atoms with Gasteiger partial charge in [0.2, 0.25) is 11.1 Å². The molecule has 1 aliphatic rings. The summed E-state index contributed by atoms with van der Waals surface area (Å²) in [5.74, 6) is 1.45. The van der Waals surface area contributed by atoms with Crippen molar-refractivity contribution in [2.75, 3.05) is 16.4 Å². The summed E-state index contributed by atoms with van der Waals surface area (Å²) in [6, 6.07) is 11.2. The Hall–Kier alpha value is -3.13. The van der Waals surface area contributed by atoms with Gasteiger partial charge < -0.3 is 10.6 Å². The number of pyridine rings is 1. The molecule has 1 atom stereocenters. The molecular weight excluding hydrogens is 408 g/mol. The third-order valence-corrected chi connectivity index (χ3v) is 6.15. The summed E-state index contributed by atoms with van der Waals surface area (Å²) in [6.07, 6.45) is 5.70. The molecule has 1 aromatic carbocycles. The fraction of sp³-hybridized carbons (Fsp3) is 0.304. The second kappa shape index (κ2) is 9.34. The largest absolute Gasteiger partial charge is 0.328 e. The van der Waals surface area contributed by atoms with Gasteiger partial charge in [0.25, 0.3) is 5.91 Å². The van der Waals surface area contributed by atoms with Crippen LogP contribution in [0, 0.1) is 6.92 Å². The number of fused-ring (bicyclic) bond motifs is 1. The minimum Gasteiger partial charge on any atom is -0.328 e. The van der Waals surface area contributed by atoms with Gasteiger partial charge >= 0.3 is 0 Å². The van der Waals surface area contributed by atoms with E-state index in [4.69, 9.17) is 5.10 Å². The second-order valence-electron chi connectivity index (χ2n) is 7.48. The first kappa shape index (κ1) is 21.1. The predicted octanol–water partition coefficient (Wildman–Crippen LogP) is 4.80. The number of unbranched alkanes of at least 4 members (excludes halogenated alkanes) is 1. The maximum atomic E-state index is 13.5. The van der Waals surface area contributed by atoms with Crippen LogP contribution in [0.1, 0.15) is 43.9 Å². The monoisotopic (exact) mass is 434 g/mol. The quantitative estimate of drug-likeness (QED) is 0.410. The van der Waals surface area contributed by atoms with E-state index < -0.39 is 6.04 Å². The lowest BCUT2D eigenvalue weighted by molar-refractivity contribution is -0.113. The van der Waals surface area contributed by atoms with Crippen LogP contribution in [0.4, 0.5) is 11.6 Å². The molecule has 3 heterocycles. The summed E-state index contributed by atoms with van der Waals surface area (Å²) in [4.78, 5) is 22.3. The number of thioether (sulfide) groups is 1. The lowest BCUT2D eigenvalue weighted by Crippen LogP contribution is -2.31. The summed E-state index contributed by atoms with van der Waals surface area (Å²) < 4.78 is 1.81. The second-order valence-corrected chi connectivity index (χ2v) is 8.54. The van der Waals surface area contributed by atoms with Gasteiger partial charge in [0, 0.05) is 29.5 Å². The van der Waals surface area contributed by atoms with E-state index in [0.717, 1.165) is 41.1 Å². The first-order chi connectivity index (χ1) is 15.1. The number of rotatable bonds is 7. The summed E-state index contributed by atoms with van der Waals surface area (Å²) in [7, 11) is 0. The highest BCUT2D eigenvalue weighted by molar-refractivity contribution is 7.99. The van der Waals surface area contributed by atoms with Crippen LogP contribution >= 0.6 is 11.8 Å². The first-order valence-electron chi connectivity index (χ1n) is 10.4. The number of hydrogen-bond donors (Lipinski definition) is 2. The lowest BCUT2D eigenvalue weighted by Gasteiger charge is -2.28. The highest BCUT2D eigenvalue weighted by atomic mass is 32.2. The number of allylic oxidation sites excluding steroid dienone is 1. The van der Waals surface area contributed by atoms with E-state index in [0.29, 0.717) is 16.7 Å². The number of aryl methyl sites for hydroxylation is 1. The number of carbonyl (C=O) groups is 1. The number of nitrogens with one attached hydrogen (secondary N) is 2. The minimum atomic E-state index is -0.392. The molecule has 0 fully saturated rings. The Morgan fingerprint density at radius 2 is 1.97 bits per heavy atom. The zero-order chi connectivity index (χ0) is 21.8. The van der Waals surface area contributed by atoms with Crippen molar-refractivity contribution in [3.05, 3.63) is 71.2 Å². The van der Waals surface area contributed by atoms with Gasteiger partial charge in [-0.25, -0.2) is 4.68 Å². The SMILES string of the molecule is CCCCSc1nc2n(n1)C(c1ccncc1)C(C(=O)Nc1ccccc1C)=C(C)N2. The van der Waals surface area contributed by atoms with Crippen molar-refractivity contribution in [3.8, 4) is 0 Å². The van der Waals surface area contributed by atoms with Crippen LogP contribution in [0.2, 0.25) is 0 Å². The molecule has 4 rings (SSSR count). The number of benzene rings is 1. The van der Waals surface area contributed by atoms with Gasteiger partial charge in [0.15, 0.2) is 0 Å². The molecule has 2 N–H and O–H groups in total. The number of amides is 1. The van der Waals surface area contributed by atoms with Crippen LogP contribution in [0.25, 0.3) is 0 Å². The number of anilines is 2. The molecule has 160 valence electrons. The fourth-order valence-corrected chi connectivity index (χ4v) is 4.46. The summed E-state index contributed by atoms with van der Waals surface area (Å²) in [5.41, 5.74) is 4.10. The van der Waals surface area contributed by atoms with Crippen LogP contribution in [-0.2, 0) is 4.79 Å². The average Bonchev–Trinajstić information content (AvgIpc) is 3.17. The van der Waals surface area contributed by atoms with Crippen LogP contribution in [0.15, 0.2) is 65.2 Å². The van der Waals surface area contributed by atoms with Crippen LogP contribution in [0.5, 0.6) is 0 Å². The van der Waals surface area contributed by atoms with Crippen molar-refractivity contribution in [2.45, 2.75) is 44.8 Å². The highest BCUT2D eigenvalue weighted by Gasteiger charge is 2.34. The fourth-order valence-electron chi connectivity index (χ4n) is 3.55. The zero-order valence-electron chi connectivity index (χ0n) is 17.9. The molecule has 1 unspecified atom stereocenters.